The number of carboxylic acids is 1. The van der Waals surface area contributed by atoms with Gasteiger partial charge in [-0.25, -0.2) is 4.98 Å². The Morgan fingerprint density at radius 2 is 2.00 bits per heavy atom. The first kappa shape index (κ1) is 23.4. The standard InChI is InChI=1S/C25H30N6O3/c1-30(2)25(34)19-13-18(15-26-16-19)22(14-23(32)33)31-12-10-21(29-31)7-3-6-20-9-8-17-5-4-11-27-24(17)28-20/h8-10,12-13,15-16,22H,3-7,11,14H2,1-2H3,(H,27,28)(H,32,33). The number of pyridine rings is 2. The largest absolute Gasteiger partial charge is 0.481 e. The van der Waals surface area contributed by atoms with Crippen molar-refractivity contribution in [1.82, 2.24) is 24.6 Å². The van der Waals surface area contributed by atoms with E-state index in [0.29, 0.717) is 11.1 Å². The molecule has 0 aliphatic carbocycles. The van der Waals surface area contributed by atoms with E-state index in [9.17, 15) is 14.7 Å². The van der Waals surface area contributed by atoms with Gasteiger partial charge in [-0.05, 0) is 61.4 Å². The molecule has 1 unspecified atom stereocenters. The van der Waals surface area contributed by atoms with Crippen LogP contribution in [0.1, 0.15) is 58.2 Å². The van der Waals surface area contributed by atoms with Gasteiger partial charge in [0.1, 0.15) is 5.82 Å². The van der Waals surface area contributed by atoms with Gasteiger partial charge in [-0.2, -0.15) is 5.10 Å². The second-order valence-corrected chi connectivity index (χ2v) is 8.80. The van der Waals surface area contributed by atoms with E-state index in [0.717, 1.165) is 55.9 Å². The minimum atomic E-state index is -0.946. The molecule has 0 saturated heterocycles. The molecule has 0 fully saturated rings. The molecule has 178 valence electrons. The van der Waals surface area contributed by atoms with Crippen LogP contribution in [-0.4, -0.2) is 62.3 Å². The Kier molecular flexibility index (Phi) is 7.20. The third-order valence-corrected chi connectivity index (χ3v) is 5.97. The van der Waals surface area contributed by atoms with Gasteiger partial charge in [0.05, 0.1) is 23.7 Å². The molecule has 4 heterocycles. The van der Waals surface area contributed by atoms with Gasteiger partial charge < -0.3 is 15.3 Å². The number of anilines is 1. The summed E-state index contributed by atoms with van der Waals surface area (Å²) in [5, 5.41) is 17.5. The van der Waals surface area contributed by atoms with E-state index in [4.69, 9.17) is 4.98 Å². The molecule has 0 spiro atoms. The number of nitrogens with one attached hydrogen (secondary N) is 1. The molecule has 3 aromatic heterocycles. The number of carbonyl (C=O) groups excluding carboxylic acids is 1. The molecule has 3 aromatic rings. The normalized spacial score (nSPS) is 13.6. The molecule has 0 bridgehead atoms. The lowest BCUT2D eigenvalue weighted by atomic mass is 10.0. The lowest BCUT2D eigenvalue weighted by Crippen LogP contribution is -2.23. The maximum Gasteiger partial charge on any atom is 0.305 e. The van der Waals surface area contributed by atoms with Crippen LogP contribution in [0.3, 0.4) is 0 Å². The summed E-state index contributed by atoms with van der Waals surface area (Å²) in [4.78, 5) is 34.3. The van der Waals surface area contributed by atoms with Gasteiger partial charge in [0, 0.05) is 44.9 Å². The first-order valence-corrected chi connectivity index (χ1v) is 11.6. The fourth-order valence-corrected chi connectivity index (χ4v) is 4.19. The second kappa shape index (κ2) is 10.5. The first-order chi connectivity index (χ1) is 16.4. The molecule has 9 nitrogen and oxygen atoms in total. The Bertz CT molecular complexity index is 1170. The number of rotatable bonds is 9. The molecule has 4 rings (SSSR count). The number of hydrogen-bond donors (Lipinski definition) is 2. The molecule has 1 aliphatic heterocycles. The van der Waals surface area contributed by atoms with Crippen LogP contribution in [0.25, 0.3) is 0 Å². The molecule has 1 amide bonds. The number of amides is 1. The Labute approximate surface area is 198 Å². The zero-order chi connectivity index (χ0) is 24.1. The average molecular weight is 463 g/mol. The van der Waals surface area contributed by atoms with E-state index < -0.39 is 12.0 Å². The fraction of sp³-hybridized carbons (Fsp3) is 0.400. The number of aryl methyl sites for hydroxylation is 3. The van der Waals surface area contributed by atoms with Crippen LogP contribution in [0.4, 0.5) is 5.82 Å². The zero-order valence-electron chi connectivity index (χ0n) is 19.6. The van der Waals surface area contributed by atoms with Gasteiger partial charge in [-0.3, -0.25) is 19.3 Å². The van der Waals surface area contributed by atoms with Crippen molar-refractivity contribution in [3.63, 3.8) is 0 Å². The molecule has 0 radical (unpaired) electrons. The smallest absolute Gasteiger partial charge is 0.305 e. The van der Waals surface area contributed by atoms with E-state index >= 15 is 0 Å². The summed E-state index contributed by atoms with van der Waals surface area (Å²) in [6.45, 7) is 0.972. The summed E-state index contributed by atoms with van der Waals surface area (Å²) >= 11 is 0. The van der Waals surface area contributed by atoms with Gasteiger partial charge in [-0.1, -0.05) is 6.07 Å². The Morgan fingerprint density at radius 1 is 1.18 bits per heavy atom. The Balaban J connectivity index is 1.44. The minimum Gasteiger partial charge on any atom is -0.481 e. The lowest BCUT2D eigenvalue weighted by Gasteiger charge is -2.17. The highest BCUT2D eigenvalue weighted by Crippen LogP contribution is 2.23. The number of carboxylic acid groups (broad SMARTS) is 1. The monoisotopic (exact) mass is 462 g/mol. The third-order valence-electron chi connectivity index (χ3n) is 5.97. The van der Waals surface area contributed by atoms with Crippen LogP contribution < -0.4 is 5.32 Å². The molecule has 0 saturated carbocycles. The summed E-state index contributed by atoms with van der Waals surface area (Å²) in [6.07, 6.45) is 9.44. The quantitative estimate of drug-likeness (QED) is 0.503. The average Bonchev–Trinajstić information content (AvgIpc) is 3.30. The van der Waals surface area contributed by atoms with Crippen LogP contribution in [0, 0.1) is 0 Å². The Morgan fingerprint density at radius 3 is 2.79 bits per heavy atom. The van der Waals surface area contributed by atoms with Crippen LogP contribution in [-0.2, 0) is 24.1 Å². The number of carbonyl (C=O) groups is 2. The summed E-state index contributed by atoms with van der Waals surface area (Å²) in [5.74, 6) is -0.123. The molecular weight excluding hydrogens is 432 g/mol. The van der Waals surface area contributed by atoms with Crippen molar-refractivity contribution in [2.45, 2.75) is 44.6 Å². The summed E-state index contributed by atoms with van der Waals surface area (Å²) in [5.41, 5.74) is 4.28. The van der Waals surface area contributed by atoms with E-state index in [2.05, 4.69) is 27.5 Å². The molecule has 34 heavy (non-hydrogen) atoms. The number of aromatic nitrogens is 4. The maximum absolute atomic E-state index is 12.3. The number of nitrogens with zero attached hydrogens (tertiary/aromatic N) is 5. The van der Waals surface area contributed by atoms with Gasteiger partial charge in [-0.15, -0.1) is 0 Å². The molecule has 0 aromatic carbocycles. The van der Waals surface area contributed by atoms with Crippen molar-refractivity contribution in [1.29, 1.82) is 0 Å². The summed E-state index contributed by atoms with van der Waals surface area (Å²) in [6, 6.07) is 7.32. The summed E-state index contributed by atoms with van der Waals surface area (Å²) in [7, 11) is 3.33. The van der Waals surface area contributed by atoms with E-state index in [1.807, 2.05) is 6.07 Å². The maximum atomic E-state index is 12.3. The second-order valence-electron chi connectivity index (χ2n) is 8.80. The Hall–Kier alpha value is -3.75. The van der Waals surface area contributed by atoms with Crippen LogP contribution in [0.5, 0.6) is 0 Å². The minimum absolute atomic E-state index is 0.158. The lowest BCUT2D eigenvalue weighted by molar-refractivity contribution is -0.137. The van der Waals surface area contributed by atoms with Crippen molar-refractivity contribution >= 4 is 17.7 Å². The van der Waals surface area contributed by atoms with Crippen LogP contribution in [0.2, 0.25) is 0 Å². The van der Waals surface area contributed by atoms with Gasteiger partial charge in [0.25, 0.3) is 5.91 Å². The van der Waals surface area contributed by atoms with Gasteiger partial charge in [0.2, 0.25) is 0 Å². The SMILES string of the molecule is CN(C)C(=O)c1cncc(C(CC(=O)O)n2ccc(CCCc3ccc4c(n3)NCCC4)n2)c1. The third kappa shape index (κ3) is 5.59. The highest BCUT2D eigenvalue weighted by Gasteiger charge is 2.21. The predicted molar refractivity (Wildman–Crippen MR) is 128 cm³/mol. The highest BCUT2D eigenvalue weighted by molar-refractivity contribution is 5.93. The van der Waals surface area contributed by atoms with E-state index in [1.165, 1.54) is 16.7 Å². The molecular formula is C25H30N6O3. The number of aliphatic carboxylic acids is 1. The number of hydrogen-bond acceptors (Lipinski definition) is 6. The van der Waals surface area contributed by atoms with Crippen LogP contribution in [0.15, 0.2) is 42.9 Å². The van der Waals surface area contributed by atoms with Crippen molar-refractivity contribution in [2.24, 2.45) is 0 Å². The molecule has 2 N–H and O–H groups in total. The van der Waals surface area contributed by atoms with E-state index in [-0.39, 0.29) is 12.3 Å². The van der Waals surface area contributed by atoms with E-state index in [1.54, 1.807) is 37.2 Å². The first-order valence-electron chi connectivity index (χ1n) is 11.6. The molecule has 1 atom stereocenters. The number of fused-ring (bicyclic) bond motifs is 1. The zero-order valence-corrected chi connectivity index (χ0v) is 19.6. The van der Waals surface area contributed by atoms with Crippen molar-refractivity contribution in [3.8, 4) is 0 Å². The fourth-order valence-electron chi connectivity index (χ4n) is 4.19. The van der Waals surface area contributed by atoms with Crippen molar-refractivity contribution in [3.05, 3.63) is 70.9 Å². The predicted octanol–water partition coefficient (Wildman–Crippen LogP) is 2.97. The van der Waals surface area contributed by atoms with Crippen molar-refractivity contribution in [2.75, 3.05) is 26.0 Å². The van der Waals surface area contributed by atoms with Gasteiger partial charge >= 0.3 is 5.97 Å². The van der Waals surface area contributed by atoms with Crippen LogP contribution >= 0.6 is 0 Å². The molecule has 9 heteroatoms. The van der Waals surface area contributed by atoms with Gasteiger partial charge in [0.15, 0.2) is 0 Å². The molecule has 1 aliphatic rings. The van der Waals surface area contributed by atoms with Crippen molar-refractivity contribution < 1.29 is 14.7 Å². The topological polar surface area (TPSA) is 113 Å². The summed E-state index contributed by atoms with van der Waals surface area (Å²) < 4.78 is 1.66. The highest BCUT2D eigenvalue weighted by atomic mass is 16.4.